The molecule has 1 nitrogen and oxygen atoms in total. The monoisotopic (exact) mass is 179 g/mol. The van der Waals surface area contributed by atoms with Gasteiger partial charge in [0.25, 0.3) is 0 Å². The fourth-order valence-electron chi connectivity index (χ4n) is 2.43. The van der Waals surface area contributed by atoms with Gasteiger partial charge in [-0.2, -0.15) is 5.26 Å². The van der Waals surface area contributed by atoms with Crippen molar-refractivity contribution < 1.29 is 0 Å². The number of hydrogen-bond acceptors (Lipinski definition) is 1. The lowest BCUT2D eigenvalue weighted by atomic mass is 9.72. The van der Waals surface area contributed by atoms with Gasteiger partial charge in [-0.1, -0.05) is 26.7 Å². The normalized spacial score (nSPS) is 31.3. The molecule has 1 heteroatoms. The average Bonchev–Trinajstić information content (AvgIpc) is 2.17. The van der Waals surface area contributed by atoms with E-state index in [-0.39, 0.29) is 5.92 Å². The lowest BCUT2D eigenvalue weighted by Gasteiger charge is -2.32. The number of hydrogen-bond donors (Lipinski definition) is 0. The highest BCUT2D eigenvalue weighted by molar-refractivity contribution is 4.88. The van der Waals surface area contributed by atoms with Crippen molar-refractivity contribution >= 4 is 0 Å². The maximum absolute atomic E-state index is 8.86. The van der Waals surface area contributed by atoms with Gasteiger partial charge in [-0.05, 0) is 37.5 Å². The molecule has 74 valence electrons. The summed E-state index contributed by atoms with van der Waals surface area (Å²) in [6.45, 7) is 6.70. The second-order valence-electron chi connectivity index (χ2n) is 4.85. The van der Waals surface area contributed by atoms with Crippen LogP contribution in [0.15, 0.2) is 0 Å². The van der Waals surface area contributed by atoms with Gasteiger partial charge in [-0.15, -0.1) is 0 Å². The standard InChI is InChI=1S/C12H21N/c1-9(2)11-5-4-6-12(7-11)10(3)8-13/h9-12H,4-7H2,1-3H3. The molecule has 0 aromatic heterocycles. The lowest BCUT2D eigenvalue weighted by Crippen LogP contribution is -2.23. The molecule has 1 saturated carbocycles. The van der Waals surface area contributed by atoms with E-state index in [0.717, 1.165) is 11.8 Å². The minimum Gasteiger partial charge on any atom is -0.198 e. The molecule has 13 heavy (non-hydrogen) atoms. The summed E-state index contributed by atoms with van der Waals surface area (Å²) in [6, 6.07) is 2.39. The molecule has 1 aliphatic rings. The SMILES string of the molecule is CC(C)C1CCCC(C(C)C#N)C1. The molecule has 1 rings (SSSR count). The summed E-state index contributed by atoms with van der Waals surface area (Å²) >= 11 is 0. The predicted octanol–water partition coefficient (Wildman–Crippen LogP) is 3.61. The maximum Gasteiger partial charge on any atom is 0.0655 e. The molecular weight excluding hydrogens is 158 g/mol. The Hall–Kier alpha value is -0.510. The highest BCUT2D eigenvalue weighted by Crippen LogP contribution is 2.36. The zero-order valence-electron chi connectivity index (χ0n) is 9.09. The average molecular weight is 179 g/mol. The number of nitrogens with zero attached hydrogens (tertiary/aromatic N) is 1. The summed E-state index contributed by atoms with van der Waals surface area (Å²) in [7, 11) is 0. The van der Waals surface area contributed by atoms with Gasteiger partial charge < -0.3 is 0 Å². The van der Waals surface area contributed by atoms with Crippen LogP contribution >= 0.6 is 0 Å². The van der Waals surface area contributed by atoms with Gasteiger partial charge in [0.15, 0.2) is 0 Å². The fourth-order valence-corrected chi connectivity index (χ4v) is 2.43. The van der Waals surface area contributed by atoms with Crippen LogP contribution in [0.2, 0.25) is 0 Å². The van der Waals surface area contributed by atoms with Crippen molar-refractivity contribution in [3.05, 3.63) is 0 Å². The van der Waals surface area contributed by atoms with E-state index in [0.29, 0.717) is 5.92 Å². The van der Waals surface area contributed by atoms with Gasteiger partial charge in [-0.3, -0.25) is 0 Å². The van der Waals surface area contributed by atoms with Crippen LogP contribution in [-0.4, -0.2) is 0 Å². The predicted molar refractivity (Wildman–Crippen MR) is 55.1 cm³/mol. The van der Waals surface area contributed by atoms with E-state index >= 15 is 0 Å². The van der Waals surface area contributed by atoms with Crippen molar-refractivity contribution in [3.63, 3.8) is 0 Å². The molecule has 0 saturated heterocycles. The summed E-state index contributed by atoms with van der Waals surface area (Å²) in [5, 5.41) is 8.86. The van der Waals surface area contributed by atoms with Crippen LogP contribution in [0.3, 0.4) is 0 Å². The van der Waals surface area contributed by atoms with E-state index in [4.69, 9.17) is 5.26 Å². The van der Waals surface area contributed by atoms with Crippen molar-refractivity contribution in [2.24, 2.45) is 23.7 Å². The van der Waals surface area contributed by atoms with Gasteiger partial charge in [-0.25, -0.2) is 0 Å². The second kappa shape index (κ2) is 4.65. The van der Waals surface area contributed by atoms with E-state index < -0.39 is 0 Å². The first kappa shape index (κ1) is 10.6. The van der Waals surface area contributed by atoms with Crippen molar-refractivity contribution in [1.29, 1.82) is 5.26 Å². The molecule has 3 unspecified atom stereocenters. The van der Waals surface area contributed by atoms with Crippen LogP contribution in [0.1, 0.15) is 46.5 Å². The molecule has 0 radical (unpaired) electrons. The first-order valence-corrected chi connectivity index (χ1v) is 5.54. The van der Waals surface area contributed by atoms with Crippen molar-refractivity contribution in [2.45, 2.75) is 46.5 Å². The molecule has 1 aliphatic carbocycles. The quantitative estimate of drug-likeness (QED) is 0.635. The molecule has 0 heterocycles. The highest BCUT2D eigenvalue weighted by Gasteiger charge is 2.27. The van der Waals surface area contributed by atoms with E-state index in [1.165, 1.54) is 25.7 Å². The van der Waals surface area contributed by atoms with Crippen molar-refractivity contribution in [3.8, 4) is 6.07 Å². The van der Waals surface area contributed by atoms with Gasteiger partial charge in [0, 0.05) is 5.92 Å². The molecule has 0 bridgehead atoms. The van der Waals surface area contributed by atoms with E-state index in [9.17, 15) is 0 Å². The van der Waals surface area contributed by atoms with Crippen molar-refractivity contribution in [1.82, 2.24) is 0 Å². The molecule has 0 aliphatic heterocycles. The molecule has 0 aromatic carbocycles. The Morgan fingerprint density at radius 1 is 1.15 bits per heavy atom. The largest absolute Gasteiger partial charge is 0.198 e. The van der Waals surface area contributed by atoms with Crippen LogP contribution in [0.4, 0.5) is 0 Å². The highest BCUT2D eigenvalue weighted by atomic mass is 14.3. The van der Waals surface area contributed by atoms with E-state index in [2.05, 4.69) is 26.8 Å². The smallest absolute Gasteiger partial charge is 0.0655 e. The zero-order valence-corrected chi connectivity index (χ0v) is 9.09. The Bertz CT molecular complexity index is 190. The molecule has 0 spiro atoms. The fraction of sp³-hybridized carbons (Fsp3) is 0.917. The number of rotatable bonds is 2. The zero-order chi connectivity index (χ0) is 9.84. The summed E-state index contributed by atoms with van der Waals surface area (Å²) in [6.07, 6.45) is 5.27. The van der Waals surface area contributed by atoms with Gasteiger partial charge in [0.1, 0.15) is 0 Å². The minimum atomic E-state index is 0.265. The molecule has 0 amide bonds. The molecular formula is C12H21N. The van der Waals surface area contributed by atoms with Crippen LogP contribution in [-0.2, 0) is 0 Å². The Balaban J connectivity index is 2.47. The Labute approximate surface area is 82.1 Å². The summed E-state index contributed by atoms with van der Waals surface area (Å²) in [5.74, 6) is 2.61. The minimum absolute atomic E-state index is 0.265. The third-order valence-electron chi connectivity index (χ3n) is 3.61. The van der Waals surface area contributed by atoms with E-state index in [1.54, 1.807) is 0 Å². The summed E-state index contributed by atoms with van der Waals surface area (Å²) in [5.41, 5.74) is 0. The van der Waals surface area contributed by atoms with Gasteiger partial charge in [0.2, 0.25) is 0 Å². The van der Waals surface area contributed by atoms with E-state index in [1.807, 2.05) is 0 Å². The first-order valence-electron chi connectivity index (χ1n) is 5.54. The molecule has 0 aromatic rings. The molecule has 1 fully saturated rings. The number of nitriles is 1. The van der Waals surface area contributed by atoms with Gasteiger partial charge in [0.05, 0.1) is 6.07 Å². The topological polar surface area (TPSA) is 23.8 Å². The van der Waals surface area contributed by atoms with Crippen LogP contribution in [0.5, 0.6) is 0 Å². The Morgan fingerprint density at radius 2 is 1.77 bits per heavy atom. The van der Waals surface area contributed by atoms with Crippen LogP contribution in [0, 0.1) is 35.0 Å². The molecule has 0 N–H and O–H groups in total. The Kier molecular flexibility index (Phi) is 3.78. The van der Waals surface area contributed by atoms with Gasteiger partial charge >= 0.3 is 0 Å². The second-order valence-corrected chi connectivity index (χ2v) is 4.85. The maximum atomic E-state index is 8.86. The third kappa shape index (κ3) is 2.72. The summed E-state index contributed by atoms with van der Waals surface area (Å²) < 4.78 is 0. The van der Waals surface area contributed by atoms with Crippen LogP contribution in [0.25, 0.3) is 0 Å². The first-order chi connectivity index (χ1) is 6.15. The summed E-state index contributed by atoms with van der Waals surface area (Å²) in [4.78, 5) is 0. The molecule has 3 atom stereocenters. The Morgan fingerprint density at radius 3 is 2.31 bits per heavy atom. The van der Waals surface area contributed by atoms with Crippen LogP contribution < -0.4 is 0 Å². The van der Waals surface area contributed by atoms with Crippen molar-refractivity contribution in [2.75, 3.05) is 0 Å². The lowest BCUT2D eigenvalue weighted by molar-refractivity contribution is 0.190. The third-order valence-corrected chi connectivity index (χ3v) is 3.61.